The Balaban J connectivity index is 2.59. The number of rotatable bonds is 4. The largest absolute Gasteiger partial charge is 0.394 e. The first kappa shape index (κ1) is 12.5. The molecular weight excluding hydrogens is 192 g/mol. The summed E-state index contributed by atoms with van der Waals surface area (Å²) in [6, 6.07) is -0.422. The summed E-state index contributed by atoms with van der Waals surface area (Å²) in [4.78, 5) is 13.8. The number of carbonyl (C=O) groups is 1. The van der Waals surface area contributed by atoms with Crippen LogP contribution in [-0.4, -0.2) is 41.1 Å². The number of likely N-dealkylation sites (tertiary alicyclic amines) is 1. The van der Waals surface area contributed by atoms with Crippen LogP contribution in [0.25, 0.3) is 0 Å². The predicted molar refractivity (Wildman–Crippen MR) is 59.3 cm³/mol. The van der Waals surface area contributed by atoms with E-state index in [1.807, 2.05) is 13.8 Å². The van der Waals surface area contributed by atoms with Gasteiger partial charge >= 0.3 is 0 Å². The van der Waals surface area contributed by atoms with Gasteiger partial charge < -0.3 is 15.7 Å². The fourth-order valence-electron chi connectivity index (χ4n) is 2.00. The van der Waals surface area contributed by atoms with Crippen LogP contribution in [0.2, 0.25) is 0 Å². The highest BCUT2D eigenvalue weighted by Crippen LogP contribution is 2.19. The summed E-state index contributed by atoms with van der Waals surface area (Å²) in [5, 5.41) is 9.13. The Morgan fingerprint density at radius 3 is 2.87 bits per heavy atom. The summed E-state index contributed by atoms with van der Waals surface area (Å²) >= 11 is 0. The number of hydrogen-bond acceptors (Lipinski definition) is 3. The number of hydrogen-bond donors (Lipinski definition) is 2. The van der Waals surface area contributed by atoms with Crippen molar-refractivity contribution in [3.63, 3.8) is 0 Å². The van der Waals surface area contributed by atoms with Crippen LogP contribution in [0.5, 0.6) is 0 Å². The SMILES string of the molecule is CC[C@H](C)[C@H](N)C(=O)N1CCC[C@H]1CO. The molecule has 1 saturated heterocycles. The Bertz CT molecular complexity index is 221. The number of carbonyl (C=O) groups excluding carboxylic acids is 1. The number of amides is 1. The lowest BCUT2D eigenvalue weighted by molar-refractivity contribution is -0.135. The van der Waals surface area contributed by atoms with Crippen LogP contribution in [0.3, 0.4) is 0 Å². The summed E-state index contributed by atoms with van der Waals surface area (Å²) in [6.45, 7) is 4.82. The maximum Gasteiger partial charge on any atom is 0.240 e. The van der Waals surface area contributed by atoms with Crippen molar-refractivity contribution in [2.45, 2.75) is 45.2 Å². The van der Waals surface area contributed by atoms with Gasteiger partial charge in [-0.2, -0.15) is 0 Å². The molecule has 0 aliphatic carbocycles. The molecule has 0 radical (unpaired) electrons. The van der Waals surface area contributed by atoms with Gasteiger partial charge in [-0.15, -0.1) is 0 Å². The highest BCUT2D eigenvalue weighted by molar-refractivity contribution is 5.82. The molecular formula is C11H22N2O2. The van der Waals surface area contributed by atoms with Gasteiger partial charge in [-0.05, 0) is 18.8 Å². The highest BCUT2D eigenvalue weighted by atomic mass is 16.3. The van der Waals surface area contributed by atoms with Crippen LogP contribution in [-0.2, 0) is 4.79 Å². The molecule has 88 valence electrons. The van der Waals surface area contributed by atoms with E-state index in [0.29, 0.717) is 0 Å². The molecule has 1 aliphatic rings. The molecule has 3 atom stereocenters. The second-order valence-electron chi connectivity index (χ2n) is 4.42. The fourth-order valence-corrected chi connectivity index (χ4v) is 2.00. The lowest BCUT2D eigenvalue weighted by Crippen LogP contribution is -2.49. The Hall–Kier alpha value is -0.610. The van der Waals surface area contributed by atoms with E-state index < -0.39 is 6.04 Å². The van der Waals surface area contributed by atoms with E-state index >= 15 is 0 Å². The Labute approximate surface area is 91.4 Å². The average molecular weight is 214 g/mol. The molecule has 0 aromatic rings. The van der Waals surface area contributed by atoms with E-state index in [1.165, 1.54) is 0 Å². The van der Waals surface area contributed by atoms with E-state index in [0.717, 1.165) is 25.8 Å². The van der Waals surface area contributed by atoms with Crippen molar-refractivity contribution in [3.8, 4) is 0 Å². The van der Waals surface area contributed by atoms with Crippen molar-refractivity contribution < 1.29 is 9.90 Å². The third-order valence-corrected chi connectivity index (χ3v) is 3.41. The average Bonchev–Trinajstić information content (AvgIpc) is 2.73. The number of nitrogens with two attached hydrogens (primary N) is 1. The summed E-state index contributed by atoms with van der Waals surface area (Å²) in [5.74, 6) is 0.207. The second-order valence-corrected chi connectivity index (χ2v) is 4.42. The van der Waals surface area contributed by atoms with Gasteiger partial charge in [0, 0.05) is 6.54 Å². The van der Waals surface area contributed by atoms with Gasteiger partial charge in [0.25, 0.3) is 0 Å². The topological polar surface area (TPSA) is 66.6 Å². The van der Waals surface area contributed by atoms with Crippen LogP contribution in [0.15, 0.2) is 0 Å². The highest BCUT2D eigenvalue weighted by Gasteiger charge is 2.32. The molecule has 15 heavy (non-hydrogen) atoms. The Morgan fingerprint density at radius 1 is 1.67 bits per heavy atom. The molecule has 1 aliphatic heterocycles. The van der Waals surface area contributed by atoms with Gasteiger partial charge in [0.05, 0.1) is 18.7 Å². The van der Waals surface area contributed by atoms with Crippen molar-refractivity contribution in [1.82, 2.24) is 4.90 Å². The zero-order chi connectivity index (χ0) is 11.4. The first-order chi connectivity index (χ1) is 7.11. The fraction of sp³-hybridized carbons (Fsp3) is 0.909. The molecule has 3 N–H and O–H groups in total. The van der Waals surface area contributed by atoms with Crippen molar-refractivity contribution in [2.75, 3.05) is 13.2 Å². The maximum atomic E-state index is 12.0. The third-order valence-electron chi connectivity index (χ3n) is 3.41. The van der Waals surface area contributed by atoms with E-state index in [9.17, 15) is 4.79 Å². The summed E-state index contributed by atoms with van der Waals surface area (Å²) in [5.41, 5.74) is 5.90. The van der Waals surface area contributed by atoms with Crippen molar-refractivity contribution >= 4 is 5.91 Å². The number of aliphatic hydroxyl groups is 1. The first-order valence-corrected chi connectivity index (χ1v) is 5.78. The van der Waals surface area contributed by atoms with Crippen LogP contribution >= 0.6 is 0 Å². The molecule has 0 aromatic heterocycles. The first-order valence-electron chi connectivity index (χ1n) is 5.78. The van der Waals surface area contributed by atoms with Gasteiger partial charge in [0.1, 0.15) is 0 Å². The maximum absolute atomic E-state index is 12.0. The molecule has 1 heterocycles. The van der Waals surface area contributed by atoms with Gasteiger partial charge in [-0.3, -0.25) is 4.79 Å². The molecule has 0 aromatic carbocycles. The quantitative estimate of drug-likeness (QED) is 0.709. The van der Waals surface area contributed by atoms with E-state index in [2.05, 4.69) is 0 Å². The lowest BCUT2D eigenvalue weighted by atomic mass is 9.98. The van der Waals surface area contributed by atoms with Gasteiger partial charge in [-0.1, -0.05) is 20.3 Å². The number of aliphatic hydroxyl groups excluding tert-OH is 1. The smallest absolute Gasteiger partial charge is 0.240 e. The van der Waals surface area contributed by atoms with Crippen molar-refractivity contribution in [2.24, 2.45) is 11.7 Å². The minimum Gasteiger partial charge on any atom is -0.394 e. The lowest BCUT2D eigenvalue weighted by Gasteiger charge is -2.28. The summed E-state index contributed by atoms with van der Waals surface area (Å²) in [7, 11) is 0. The normalized spacial score (nSPS) is 25.3. The standard InChI is InChI=1S/C11H22N2O2/c1-3-8(2)10(12)11(15)13-6-4-5-9(13)7-14/h8-10,14H,3-7,12H2,1-2H3/t8-,9-,10-/m0/s1. The summed E-state index contributed by atoms with van der Waals surface area (Å²) in [6.07, 6.45) is 2.78. The van der Waals surface area contributed by atoms with Crippen LogP contribution in [0.4, 0.5) is 0 Å². The van der Waals surface area contributed by atoms with Gasteiger partial charge in [0.15, 0.2) is 0 Å². The van der Waals surface area contributed by atoms with Crippen LogP contribution < -0.4 is 5.73 Å². The van der Waals surface area contributed by atoms with E-state index in [1.54, 1.807) is 4.90 Å². The van der Waals surface area contributed by atoms with Gasteiger partial charge in [0.2, 0.25) is 5.91 Å². The zero-order valence-corrected chi connectivity index (χ0v) is 9.65. The molecule has 1 amide bonds. The van der Waals surface area contributed by atoms with Crippen LogP contribution in [0, 0.1) is 5.92 Å². The molecule has 0 bridgehead atoms. The molecule has 0 saturated carbocycles. The molecule has 4 heteroatoms. The molecule has 0 spiro atoms. The molecule has 1 fully saturated rings. The minimum atomic E-state index is -0.415. The molecule has 1 rings (SSSR count). The molecule has 4 nitrogen and oxygen atoms in total. The number of nitrogens with zero attached hydrogens (tertiary/aromatic N) is 1. The van der Waals surface area contributed by atoms with E-state index in [4.69, 9.17) is 10.8 Å². The van der Waals surface area contributed by atoms with Crippen molar-refractivity contribution in [1.29, 1.82) is 0 Å². The minimum absolute atomic E-state index is 0.000833. The Morgan fingerprint density at radius 2 is 2.33 bits per heavy atom. The van der Waals surface area contributed by atoms with E-state index in [-0.39, 0.29) is 24.5 Å². The van der Waals surface area contributed by atoms with Gasteiger partial charge in [-0.25, -0.2) is 0 Å². The predicted octanol–water partition coefficient (Wildman–Crippen LogP) is 0.343. The summed E-state index contributed by atoms with van der Waals surface area (Å²) < 4.78 is 0. The zero-order valence-electron chi connectivity index (χ0n) is 9.65. The van der Waals surface area contributed by atoms with Crippen LogP contribution in [0.1, 0.15) is 33.1 Å². The Kier molecular flexibility index (Phi) is 4.54. The monoisotopic (exact) mass is 214 g/mol. The molecule has 0 unspecified atom stereocenters. The third kappa shape index (κ3) is 2.69. The van der Waals surface area contributed by atoms with Crippen molar-refractivity contribution in [3.05, 3.63) is 0 Å². The second kappa shape index (κ2) is 5.47.